The SMILES string of the molecule is CN1CCOC(CN(C)c2nc3cc(N)ccc3o2)C1. The van der Waals surface area contributed by atoms with Gasteiger partial charge in [0, 0.05) is 32.4 Å². The van der Waals surface area contributed by atoms with Crippen molar-refractivity contribution in [2.45, 2.75) is 6.10 Å². The molecule has 1 aliphatic heterocycles. The van der Waals surface area contributed by atoms with Crippen molar-refractivity contribution in [3.63, 3.8) is 0 Å². The normalized spacial score (nSPS) is 20.4. The van der Waals surface area contributed by atoms with E-state index in [9.17, 15) is 0 Å². The van der Waals surface area contributed by atoms with Crippen molar-refractivity contribution in [2.75, 3.05) is 51.0 Å². The van der Waals surface area contributed by atoms with Crippen molar-refractivity contribution in [2.24, 2.45) is 0 Å². The number of benzene rings is 1. The van der Waals surface area contributed by atoms with Gasteiger partial charge >= 0.3 is 0 Å². The van der Waals surface area contributed by atoms with Gasteiger partial charge in [0.05, 0.1) is 12.7 Å². The van der Waals surface area contributed by atoms with Crippen LogP contribution in [0.5, 0.6) is 0 Å². The summed E-state index contributed by atoms with van der Waals surface area (Å²) < 4.78 is 11.5. The first-order chi connectivity index (χ1) is 9.61. The van der Waals surface area contributed by atoms with Crippen molar-refractivity contribution in [3.05, 3.63) is 18.2 Å². The molecule has 6 heteroatoms. The van der Waals surface area contributed by atoms with Gasteiger partial charge in [-0.3, -0.25) is 0 Å². The van der Waals surface area contributed by atoms with Crippen molar-refractivity contribution < 1.29 is 9.15 Å². The molecule has 0 radical (unpaired) electrons. The smallest absolute Gasteiger partial charge is 0.298 e. The zero-order chi connectivity index (χ0) is 14.1. The number of likely N-dealkylation sites (N-methyl/N-ethyl adjacent to an activating group) is 2. The first-order valence-electron chi connectivity index (χ1n) is 6.79. The van der Waals surface area contributed by atoms with Gasteiger partial charge in [-0.2, -0.15) is 4.98 Å². The van der Waals surface area contributed by atoms with Crippen molar-refractivity contribution in [1.82, 2.24) is 9.88 Å². The molecule has 0 aliphatic carbocycles. The molecule has 1 atom stereocenters. The number of ether oxygens (including phenoxy) is 1. The monoisotopic (exact) mass is 276 g/mol. The summed E-state index contributed by atoms with van der Waals surface area (Å²) in [7, 11) is 4.07. The molecule has 6 nitrogen and oxygen atoms in total. The van der Waals surface area contributed by atoms with Crippen LogP contribution in [-0.4, -0.2) is 56.3 Å². The predicted molar refractivity (Wildman–Crippen MR) is 78.9 cm³/mol. The number of nitrogen functional groups attached to an aromatic ring is 1. The maximum atomic E-state index is 5.76. The molecule has 2 heterocycles. The lowest BCUT2D eigenvalue weighted by molar-refractivity contribution is -0.0146. The van der Waals surface area contributed by atoms with E-state index in [1.807, 2.05) is 30.1 Å². The number of hydrogen-bond donors (Lipinski definition) is 1. The van der Waals surface area contributed by atoms with Gasteiger partial charge in [-0.15, -0.1) is 0 Å². The van der Waals surface area contributed by atoms with Crippen LogP contribution < -0.4 is 10.6 Å². The van der Waals surface area contributed by atoms with Gasteiger partial charge in [0.15, 0.2) is 5.58 Å². The van der Waals surface area contributed by atoms with E-state index >= 15 is 0 Å². The Hall–Kier alpha value is -1.79. The molecule has 1 fully saturated rings. The van der Waals surface area contributed by atoms with E-state index in [0.717, 1.165) is 37.3 Å². The second kappa shape index (κ2) is 5.30. The van der Waals surface area contributed by atoms with Crippen LogP contribution in [0, 0.1) is 0 Å². The summed E-state index contributed by atoms with van der Waals surface area (Å²) in [6.45, 7) is 3.45. The summed E-state index contributed by atoms with van der Waals surface area (Å²) >= 11 is 0. The van der Waals surface area contributed by atoms with E-state index in [2.05, 4.69) is 16.9 Å². The number of fused-ring (bicyclic) bond motifs is 1. The van der Waals surface area contributed by atoms with Gasteiger partial charge in [-0.05, 0) is 25.2 Å². The molecule has 2 aromatic rings. The molecule has 1 aromatic carbocycles. The number of morpholine rings is 1. The fourth-order valence-corrected chi connectivity index (χ4v) is 2.46. The van der Waals surface area contributed by atoms with Crippen LogP contribution in [0.3, 0.4) is 0 Å². The minimum Gasteiger partial charge on any atom is -0.423 e. The number of aromatic nitrogens is 1. The number of oxazole rings is 1. The van der Waals surface area contributed by atoms with Crippen LogP contribution in [0.4, 0.5) is 11.7 Å². The van der Waals surface area contributed by atoms with Gasteiger partial charge in [0.2, 0.25) is 0 Å². The Morgan fingerprint density at radius 3 is 3.15 bits per heavy atom. The number of anilines is 2. The quantitative estimate of drug-likeness (QED) is 0.849. The van der Waals surface area contributed by atoms with E-state index in [1.165, 1.54) is 0 Å². The Kier molecular flexibility index (Phi) is 3.50. The second-order valence-corrected chi connectivity index (χ2v) is 5.36. The van der Waals surface area contributed by atoms with Gasteiger partial charge in [0.25, 0.3) is 6.01 Å². The summed E-state index contributed by atoms with van der Waals surface area (Å²) in [5, 5.41) is 0. The van der Waals surface area contributed by atoms with Crippen molar-refractivity contribution in [3.8, 4) is 0 Å². The van der Waals surface area contributed by atoms with Crippen LogP contribution in [0.2, 0.25) is 0 Å². The highest BCUT2D eigenvalue weighted by molar-refractivity contribution is 5.78. The molecule has 3 rings (SSSR count). The Morgan fingerprint density at radius 2 is 2.35 bits per heavy atom. The highest BCUT2D eigenvalue weighted by Gasteiger charge is 2.21. The lowest BCUT2D eigenvalue weighted by atomic mass is 10.3. The first kappa shape index (κ1) is 13.2. The molecule has 0 saturated carbocycles. The van der Waals surface area contributed by atoms with E-state index < -0.39 is 0 Å². The van der Waals surface area contributed by atoms with Crippen LogP contribution in [0.15, 0.2) is 22.6 Å². The lowest BCUT2D eigenvalue weighted by Gasteiger charge is -2.32. The molecule has 108 valence electrons. The molecule has 2 N–H and O–H groups in total. The van der Waals surface area contributed by atoms with Gasteiger partial charge in [0.1, 0.15) is 5.52 Å². The Bertz CT molecular complexity index is 598. The number of nitrogens with two attached hydrogens (primary N) is 1. The predicted octanol–water partition coefficient (Wildman–Crippen LogP) is 1.18. The second-order valence-electron chi connectivity index (χ2n) is 5.36. The highest BCUT2D eigenvalue weighted by Crippen LogP contribution is 2.23. The number of hydrogen-bond acceptors (Lipinski definition) is 6. The Labute approximate surface area is 118 Å². The third-order valence-corrected chi connectivity index (χ3v) is 3.55. The maximum absolute atomic E-state index is 5.76. The molecule has 0 spiro atoms. The zero-order valence-corrected chi connectivity index (χ0v) is 11.9. The first-order valence-corrected chi connectivity index (χ1v) is 6.79. The molecule has 20 heavy (non-hydrogen) atoms. The topological polar surface area (TPSA) is 67.8 Å². The van der Waals surface area contributed by atoms with Crippen LogP contribution in [0.1, 0.15) is 0 Å². The standard InChI is InChI=1S/C14H20N4O2/c1-17-5-6-19-11(8-17)9-18(2)14-16-12-7-10(15)3-4-13(12)20-14/h3-4,7,11H,5-6,8-9,15H2,1-2H3. The largest absolute Gasteiger partial charge is 0.423 e. The summed E-state index contributed by atoms with van der Waals surface area (Å²) in [5.41, 5.74) is 7.98. The van der Waals surface area contributed by atoms with Crippen LogP contribution >= 0.6 is 0 Å². The molecule has 1 unspecified atom stereocenters. The average Bonchev–Trinajstić information content (AvgIpc) is 2.81. The molecular weight excluding hydrogens is 256 g/mol. The molecule has 1 aliphatic rings. The summed E-state index contributed by atoms with van der Waals surface area (Å²) in [4.78, 5) is 8.73. The van der Waals surface area contributed by atoms with E-state index in [1.54, 1.807) is 0 Å². The maximum Gasteiger partial charge on any atom is 0.298 e. The van der Waals surface area contributed by atoms with E-state index in [4.69, 9.17) is 14.9 Å². The lowest BCUT2D eigenvalue weighted by Crippen LogP contribution is -2.45. The molecule has 0 bridgehead atoms. The van der Waals surface area contributed by atoms with Gasteiger partial charge < -0.3 is 24.7 Å². The highest BCUT2D eigenvalue weighted by atomic mass is 16.5. The number of nitrogens with zero attached hydrogens (tertiary/aromatic N) is 3. The average molecular weight is 276 g/mol. The Balaban J connectivity index is 1.73. The van der Waals surface area contributed by atoms with Crippen LogP contribution in [0.25, 0.3) is 11.1 Å². The number of rotatable bonds is 3. The minimum absolute atomic E-state index is 0.179. The summed E-state index contributed by atoms with van der Waals surface area (Å²) in [6.07, 6.45) is 0.179. The van der Waals surface area contributed by atoms with Gasteiger partial charge in [-0.1, -0.05) is 0 Å². The third kappa shape index (κ3) is 2.71. The molecule has 1 saturated heterocycles. The zero-order valence-electron chi connectivity index (χ0n) is 11.9. The van der Waals surface area contributed by atoms with E-state index in [0.29, 0.717) is 11.7 Å². The molecule has 0 amide bonds. The van der Waals surface area contributed by atoms with Crippen molar-refractivity contribution >= 4 is 22.8 Å². The van der Waals surface area contributed by atoms with Gasteiger partial charge in [-0.25, -0.2) is 0 Å². The third-order valence-electron chi connectivity index (χ3n) is 3.55. The van der Waals surface area contributed by atoms with Crippen molar-refractivity contribution in [1.29, 1.82) is 0 Å². The molecule has 1 aromatic heterocycles. The Morgan fingerprint density at radius 1 is 1.50 bits per heavy atom. The van der Waals surface area contributed by atoms with E-state index in [-0.39, 0.29) is 6.10 Å². The molecular formula is C14H20N4O2. The minimum atomic E-state index is 0.179. The fraction of sp³-hybridized carbons (Fsp3) is 0.500. The van der Waals surface area contributed by atoms with Crippen LogP contribution in [-0.2, 0) is 4.74 Å². The fourth-order valence-electron chi connectivity index (χ4n) is 2.46. The summed E-state index contributed by atoms with van der Waals surface area (Å²) in [5.74, 6) is 0. The summed E-state index contributed by atoms with van der Waals surface area (Å²) in [6, 6.07) is 6.08.